The van der Waals surface area contributed by atoms with Crippen LogP contribution < -0.4 is 4.74 Å². The number of rotatable bonds is 2. The quantitative estimate of drug-likeness (QED) is 0.730. The van der Waals surface area contributed by atoms with Crippen molar-refractivity contribution in [1.29, 1.82) is 0 Å². The predicted molar refractivity (Wildman–Crippen MR) is 72.7 cm³/mol. The number of benzene rings is 1. The van der Waals surface area contributed by atoms with Gasteiger partial charge in [0, 0.05) is 16.2 Å². The largest absolute Gasteiger partial charge is 0.493 e. The second kappa shape index (κ2) is 4.42. The normalized spacial score (nSPS) is 10.8. The molecule has 0 amide bonds. The van der Waals surface area contributed by atoms with Gasteiger partial charge in [-0.3, -0.25) is 0 Å². The summed E-state index contributed by atoms with van der Waals surface area (Å²) in [6.07, 6.45) is 1.85. The molecule has 2 aromatic heterocycles. The van der Waals surface area contributed by atoms with Gasteiger partial charge in [-0.1, -0.05) is 28.1 Å². The summed E-state index contributed by atoms with van der Waals surface area (Å²) in [6.45, 7) is 0. The zero-order valence-electron chi connectivity index (χ0n) is 9.67. The van der Waals surface area contributed by atoms with Crippen molar-refractivity contribution in [2.24, 2.45) is 0 Å². The van der Waals surface area contributed by atoms with Gasteiger partial charge >= 0.3 is 0 Å². The number of nitrogens with zero attached hydrogens (tertiary/aromatic N) is 3. The first-order valence-corrected chi connectivity index (χ1v) is 6.22. The van der Waals surface area contributed by atoms with Crippen LogP contribution in [0, 0.1) is 0 Å². The van der Waals surface area contributed by atoms with Crippen LogP contribution in [0.5, 0.6) is 5.75 Å². The van der Waals surface area contributed by atoms with Crippen LogP contribution in [-0.4, -0.2) is 21.7 Å². The zero-order chi connectivity index (χ0) is 12.5. The lowest BCUT2D eigenvalue weighted by atomic mass is 10.2. The van der Waals surface area contributed by atoms with Gasteiger partial charge in [0.15, 0.2) is 17.2 Å². The highest BCUT2D eigenvalue weighted by molar-refractivity contribution is 9.10. The van der Waals surface area contributed by atoms with Crippen molar-refractivity contribution >= 4 is 21.6 Å². The summed E-state index contributed by atoms with van der Waals surface area (Å²) in [6, 6.07) is 11.6. The molecule has 2 heterocycles. The molecule has 0 saturated heterocycles. The number of fused-ring (bicyclic) bond motifs is 1. The third-order valence-electron chi connectivity index (χ3n) is 2.63. The molecule has 0 radical (unpaired) electrons. The molecule has 0 N–H and O–H groups in total. The minimum absolute atomic E-state index is 0.681. The molecular weight excluding hydrogens is 294 g/mol. The lowest BCUT2D eigenvalue weighted by molar-refractivity contribution is 0.416. The molecule has 3 rings (SSSR count). The summed E-state index contributed by atoms with van der Waals surface area (Å²) < 4.78 is 7.99. The molecule has 3 aromatic rings. The molecule has 90 valence electrons. The number of pyridine rings is 1. The maximum absolute atomic E-state index is 5.27. The molecule has 0 atom stereocenters. The van der Waals surface area contributed by atoms with Gasteiger partial charge in [-0.05, 0) is 24.3 Å². The smallest absolute Gasteiger partial charge is 0.198 e. The molecule has 0 unspecified atom stereocenters. The summed E-state index contributed by atoms with van der Waals surface area (Å²) in [4.78, 5) is 4.50. The third-order valence-corrected chi connectivity index (χ3v) is 3.12. The summed E-state index contributed by atoms with van der Waals surface area (Å²) in [5, 5.41) is 4.44. The minimum atomic E-state index is 0.681. The van der Waals surface area contributed by atoms with Gasteiger partial charge in [0.2, 0.25) is 0 Å². The van der Waals surface area contributed by atoms with Crippen LogP contribution in [0.1, 0.15) is 0 Å². The van der Waals surface area contributed by atoms with E-state index >= 15 is 0 Å². The van der Waals surface area contributed by atoms with Crippen molar-refractivity contribution in [3.63, 3.8) is 0 Å². The maximum atomic E-state index is 5.27. The summed E-state index contributed by atoms with van der Waals surface area (Å²) in [5.74, 6) is 1.40. The number of ether oxygens (including phenoxy) is 1. The predicted octanol–water partition coefficient (Wildman–Crippen LogP) is 3.17. The van der Waals surface area contributed by atoms with Crippen LogP contribution in [-0.2, 0) is 0 Å². The highest BCUT2D eigenvalue weighted by atomic mass is 79.9. The van der Waals surface area contributed by atoms with Crippen LogP contribution in [0.15, 0.2) is 47.1 Å². The van der Waals surface area contributed by atoms with Crippen molar-refractivity contribution < 1.29 is 4.74 Å². The molecule has 1 aromatic carbocycles. The van der Waals surface area contributed by atoms with Crippen molar-refractivity contribution in [3.8, 4) is 17.1 Å². The summed E-state index contributed by atoms with van der Waals surface area (Å²) in [7, 11) is 1.63. The lowest BCUT2D eigenvalue weighted by Gasteiger charge is -1.98. The van der Waals surface area contributed by atoms with Gasteiger partial charge < -0.3 is 4.74 Å². The van der Waals surface area contributed by atoms with Gasteiger partial charge in [0.25, 0.3) is 0 Å². The number of methoxy groups -OCH3 is 1. The standard InChI is InChI=1S/C13H10BrN3O/c1-18-11-6-3-7-17-13(11)15-12(16-17)9-4-2-5-10(14)8-9/h2-8H,1H3. The lowest BCUT2D eigenvalue weighted by Crippen LogP contribution is -1.90. The average Bonchev–Trinajstić information content (AvgIpc) is 2.82. The molecule has 0 fully saturated rings. The molecule has 0 saturated carbocycles. The number of hydrogen-bond acceptors (Lipinski definition) is 3. The second-order valence-electron chi connectivity index (χ2n) is 3.79. The van der Waals surface area contributed by atoms with E-state index in [-0.39, 0.29) is 0 Å². The van der Waals surface area contributed by atoms with E-state index in [1.54, 1.807) is 11.6 Å². The number of hydrogen-bond donors (Lipinski definition) is 0. The molecule has 4 nitrogen and oxygen atoms in total. The monoisotopic (exact) mass is 303 g/mol. The average molecular weight is 304 g/mol. The van der Waals surface area contributed by atoms with E-state index in [9.17, 15) is 0 Å². The Labute approximate surface area is 112 Å². The van der Waals surface area contributed by atoms with E-state index in [0.717, 1.165) is 15.7 Å². The Morgan fingerprint density at radius 1 is 1.22 bits per heavy atom. The number of aromatic nitrogens is 3. The Morgan fingerprint density at radius 3 is 2.89 bits per heavy atom. The molecule has 0 aliphatic rings. The Kier molecular flexibility index (Phi) is 2.76. The minimum Gasteiger partial charge on any atom is -0.493 e. The first-order valence-electron chi connectivity index (χ1n) is 5.43. The SMILES string of the molecule is COc1cccn2nc(-c3cccc(Br)c3)nc12. The van der Waals surface area contributed by atoms with Gasteiger partial charge in [-0.2, -0.15) is 0 Å². The molecular formula is C13H10BrN3O. The zero-order valence-corrected chi connectivity index (χ0v) is 11.3. The van der Waals surface area contributed by atoms with E-state index in [4.69, 9.17) is 4.74 Å². The highest BCUT2D eigenvalue weighted by Gasteiger charge is 2.09. The molecule has 18 heavy (non-hydrogen) atoms. The number of halogens is 1. The van der Waals surface area contributed by atoms with E-state index in [1.165, 1.54) is 0 Å². The Balaban J connectivity index is 2.19. The van der Waals surface area contributed by atoms with E-state index in [2.05, 4.69) is 26.0 Å². The summed E-state index contributed by atoms with van der Waals surface area (Å²) in [5.41, 5.74) is 1.69. The second-order valence-corrected chi connectivity index (χ2v) is 4.71. The van der Waals surface area contributed by atoms with Crippen molar-refractivity contribution in [1.82, 2.24) is 14.6 Å². The van der Waals surface area contributed by atoms with Gasteiger partial charge in [0.1, 0.15) is 0 Å². The maximum Gasteiger partial charge on any atom is 0.198 e. The van der Waals surface area contributed by atoms with Crippen LogP contribution >= 0.6 is 15.9 Å². The van der Waals surface area contributed by atoms with Gasteiger partial charge in [-0.25, -0.2) is 9.50 Å². The van der Waals surface area contributed by atoms with Crippen molar-refractivity contribution in [3.05, 3.63) is 47.1 Å². The fourth-order valence-corrected chi connectivity index (χ4v) is 2.19. The van der Waals surface area contributed by atoms with E-state index < -0.39 is 0 Å². The summed E-state index contributed by atoms with van der Waals surface area (Å²) >= 11 is 3.44. The Hall–Kier alpha value is -1.88. The molecule has 0 aliphatic carbocycles. The third kappa shape index (κ3) is 1.86. The molecule has 0 aliphatic heterocycles. The topological polar surface area (TPSA) is 39.4 Å². The van der Waals surface area contributed by atoms with Crippen molar-refractivity contribution in [2.45, 2.75) is 0 Å². The molecule has 5 heteroatoms. The molecule has 0 bridgehead atoms. The fourth-order valence-electron chi connectivity index (χ4n) is 1.79. The fraction of sp³-hybridized carbons (Fsp3) is 0.0769. The first kappa shape index (κ1) is 11.2. The van der Waals surface area contributed by atoms with Gasteiger partial charge in [0.05, 0.1) is 7.11 Å². The van der Waals surface area contributed by atoms with Crippen LogP contribution in [0.2, 0.25) is 0 Å². The van der Waals surface area contributed by atoms with Crippen molar-refractivity contribution in [2.75, 3.05) is 7.11 Å². The van der Waals surface area contributed by atoms with Crippen LogP contribution in [0.25, 0.3) is 17.0 Å². The highest BCUT2D eigenvalue weighted by Crippen LogP contribution is 2.23. The van der Waals surface area contributed by atoms with Crippen LogP contribution in [0.4, 0.5) is 0 Å². The Bertz CT molecular complexity index is 708. The van der Waals surface area contributed by atoms with Gasteiger partial charge in [-0.15, -0.1) is 5.10 Å². The van der Waals surface area contributed by atoms with E-state index in [1.807, 2.05) is 42.6 Å². The first-order chi connectivity index (χ1) is 8.78. The van der Waals surface area contributed by atoms with Crippen LogP contribution in [0.3, 0.4) is 0 Å². The van der Waals surface area contributed by atoms with E-state index in [0.29, 0.717) is 11.6 Å². The Morgan fingerprint density at radius 2 is 2.11 bits per heavy atom. The molecule has 0 spiro atoms.